The average molecular weight is 289 g/mol. The van der Waals surface area contributed by atoms with E-state index in [9.17, 15) is 13.2 Å². The summed E-state index contributed by atoms with van der Waals surface area (Å²) in [4.78, 5) is 0. The van der Waals surface area contributed by atoms with E-state index in [1.165, 1.54) is 12.1 Å². The third-order valence-corrected chi connectivity index (χ3v) is 2.55. The van der Waals surface area contributed by atoms with Crippen LogP contribution < -0.4 is 15.8 Å². The molecule has 0 aromatic heterocycles. The lowest BCUT2D eigenvalue weighted by molar-refractivity contribution is -0.274. The van der Waals surface area contributed by atoms with Gasteiger partial charge in [-0.2, -0.15) is 0 Å². The Kier molecular flexibility index (Phi) is 5.66. The van der Waals surface area contributed by atoms with Gasteiger partial charge in [-0.05, 0) is 49.4 Å². The van der Waals surface area contributed by atoms with E-state index in [2.05, 4.69) is 10.1 Å². The van der Waals surface area contributed by atoms with Crippen molar-refractivity contribution in [2.75, 3.05) is 6.54 Å². The Morgan fingerprint density at radius 3 is 2.60 bits per heavy atom. The second-order valence-electron chi connectivity index (χ2n) is 4.50. The van der Waals surface area contributed by atoms with Crippen molar-refractivity contribution in [3.8, 4) is 5.75 Å². The highest BCUT2D eigenvalue weighted by atomic mass is 19.4. The van der Waals surface area contributed by atoms with E-state index in [-0.39, 0.29) is 11.7 Å². The molecule has 0 atom stereocenters. The topological polar surface area (TPSA) is 71.1 Å². The number of alkyl halides is 3. The predicted molar refractivity (Wildman–Crippen MR) is 70.7 cm³/mol. The summed E-state index contributed by atoms with van der Waals surface area (Å²) in [6.45, 7) is 2.30. The minimum Gasteiger partial charge on any atom is -0.406 e. The van der Waals surface area contributed by atoms with Crippen LogP contribution >= 0.6 is 0 Å². The fraction of sp³-hybridized carbons (Fsp3) is 0.462. The van der Waals surface area contributed by atoms with Crippen molar-refractivity contribution in [3.05, 3.63) is 29.3 Å². The van der Waals surface area contributed by atoms with Crippen LogP contribution in [0.25, 0.3) is 0 Å². The summed E-state index contributed by atoms with van der Waals surface area (Å²) < 4.78 is 40.4. The van der Waals surface area contributed by atoms with Crippen molar-refractivity contribution in [2.24, 2.45) is 5.73 Å². The van der Waals surface area contributed by atoms with Gasteiger partial charge in [-0.1, -0.05) is 6.07 Å². The van der Waals surface area contributed by atoms with Crippen molar-refractivity contribution < 1.29 is 17.9 Å². The van der Waals surface area contributed by atoms with E-state index < -0.39 is 6.36 Å². The van der Waals surface area contributed by atoms with Gasteiger partial charge in [0.05, 0.1) is 0 Å². The number of ether oxygens (including phenoxy) is 1. The molecule has 0 aliphatic rings. The molecule has 4 N–H and O–H groups in total. The van der Waals surface area contributed by atoms with Gasteiger partial charge in [-0.25, -0.2) is 0 Å². The molecule has 0 radical (unpaired) electrons. The summed E-state index contributed by atoms with van der Waals surface area (Å²) in [6, 6.07) is 4.59. The number of aryl methyl sites for hydroxylation is 2. The molecule has 1 aromatic rings. The molecule has 1 rings (SSSR count). The van der Waals surface area contributed by atoms with Crippen LogP contribution in [0.5, 0.6) is 5.75 Å². The first-order chi connectivity index (χ1) is 9.26. The van der Waals surface area contributed by atoms with Crippen LogP contribution in [-0.2, 0) is 6.42 Å². The molecule has 0 aliphatic carbocycles. The zero-order valence-corrected chi connectivity index (χ0v) is 11.2. The highest BCUT2D eigenvalue weighted by Gasteiger charge is 2.31. The van der Waals surface area contributed by atoms with Crippen molar-refractivity contribution in [3.63, 3.8) is 0 Å². The zero-order valence-electron chi connectivity index (χ0n) is 11.2. The molecule has 112 valence electrons. The Morgan fingerprint density at radius 2 is 2.00 bits per heavy atom. The van der Waals surface area contributed by atoms with Gasteiger partial charge < -0.3 is 15.8 Å². The largest absolute Gasteiger partial charge is 0.573 e. The van der Waals surface area contributed by atoms with Crippen molar-refractivity contribution in [1.29, 1.82) is 5.41 Å². The number of hydrogen-bond acceptors (Lipinski definition) is 2. The van der Waals surface area contributed by atoms with Crippen LogP contribution in [0.3, 0.4) is 0 Å². The van der Waals surface area contributed by atoms with Crippen LogP contribution in [0.2, 0.25) is 0 Å². The van der Waals surface area contributed by atoms with Crippen LogP contribution in [0.1, 0.15) is 24.0 Å². The first kappa shape index (κ1) is 16.1. The Bertz CT molecular complexity index is 461. The maximum Gasteiger partial charge on any atom is 0.573 e. The SMILES string of the molecule is Cc1cc(CCCCNC(=N)N)cc(OC(F)(F)F)c1. The summed E-state index contributed by atoms with van der Waals surface area (Å²) in [7, 11) is 0. The maximum absolute atomic E-state index is 12.2. The van der Waals surface area contributed by atoms with Gasteiger partial charge in [0.25, 0.3) is 0 Å². The Balaban J connectivity index is 2.51. The molecule has 0 aliphatic heterocycles. The van der Waals surface area contributed by atoms with Crippen molar-refractivity contribution in [2.45, 2.75) is 32.5 Å². The highest BCUT2D eigenvalue weighted by Crippen LogP contribution is 2.25. The van der Waals surface area contributed by atoms with Crippen LogP contribution in [0.15, 0.2) is 18.2 Å². The summed E-state index contributed by atoms with van der Waals surface area (Å²) in [5.74, 6) is -0.268. The molecule has 4 nitrogen and oxygen atoms in total. The van der Waals surface area contributed by atoms with E-state index in [1.54, 1.807) is 6.92 Å². The average Bonchev–Trinajstić information content (AvgIpc) is 2.24. The maximum atomic E-state index is 12.2. The second kappa shape index (κ2) is 7.02. The number of guanidine groups is 1. The molecule has 0 fully saturated rings. The van der Waals surface area contributed by atoms with Crippen LogP contribution in [0.4, 0.5) is 13.2 Å². The van der Waals surface area contributed by atoms with E-state index in [0.717, 1.165) is 24.0 Å². The second-order valence-corrected chi connectivity index (χ2v) is 4.50. The van der Waals surface area contributed by atoms with Gasteiger partial charge >= 0.3 is 6.36 Å². The molecule has 0 unspecified atom stereocenters. The molecular formula is C13H18F3N3O. The molecule has 20 heavy (non-hydrogen) atoms. The number of nitrogens with one attached hydrogen (secondary N) is 2. The van der Waals surface area contributed by atoms with Crippen molar-refractivity contribution in [1.82, 2.24) is 5.32 Å². The summed E-state index contributed by atoms with van der Waals surface area (Å²) >= 11 is 0. The minimum absolute atomic E-state index is 0.0820. The first-order valence-corrected chi connectivity index (χ1v) is 6.20. The van der Waals surface area contributed by atoms with Gasteiger partial charge in [0.15, 0.2) is 5.96 Å². The summed E-state index contributed by atoms with van der Waals surface area (Å²) in [5, 5.41) is 9.65. The number of hydrogen-bond donors (Lipinski definition) is 3. The van der Waals surface area contributed by atoms with E-state index in [1.807, 2.05) is 6.07 Å². The number of nitrogens with two attached hydrogens (primary N) is 1. The zero-order chi connectivity index (χ0) is 15.2. The normalized spacial score (nSPS) is 11.2. The lowest BCUT2D eigenvalue weighted by atomic mass is 10.1. The Morgan fingerprint density at radius 1 is 1.30 bits per heavy atom. The minimum atomic E-state index is -4.67. The number of rotatable bonds is 6. The monoisotopic (exact) mass is 289 g/mol. The van der Waals surface area contributed by atoms with Gasteiger partial charge in [-0.3, -0.25) is 5.41 Å². The fourth-order valence-corrected chi connectivity index (χ4v) is 1.84. The van der Waals surface area contributed by atoms with Gasteiger partial charge in [0.1, 0.15) is 5.75 Å². The molecule has 0 amide bonds. The van der Waals surface area contributed by atoms with E-state index in [4.69, 9.17) is 11.1 Å². The van der Waals surface area contributed by atoms with Crippen LogP contribution in [-0.4, -0.2) is 18.9 Å². The lowest BCUT2D eigenvalue weighted by Gasteiger charge is -2.11. The molecule has 0 bridgehead atoms. The number of halogens is 3. The molecule has 0 saturated heterocycles. The Labute approximate surface area is 115 Å². The van der Waals surface area contributed by atoms with Crippen molar-refractivity contribution >= 4 is 5.96 Å². The lowest BCUT2D eigenvalue weighted by Crippen LogP contribution is -2.30. The quantitative estimate of drug-likeness (QED) is 0.428. The Hall–Kier alpha value is -1.92. The fourth-order valence-electron chi connectivity index (χ4n) is 1.84. The number of benzene rings is 1. The molecule has 7 heteroatoms. The molecule has 0 spiro atoms. The molecule has 1 aromatic carbocycles. The number of unbranched alkanes of at least 4 members (excludes halogenated alkanes) is 1. The smallest absolute Gasteiger partial charge is 0.406 e. The summed E-state index contributed by atoms with van der Waals surface area (Å²) in [5.41, 5.74) is 6.66. The highest BCUT2D eigenvalue weighted by molar-refractivity contribution is 5.74. The third kappa shape index (κ3) is 6.86. The van der Waals surface area contributed by atoms with E-state index >= 15 is 0 Å². The summed E-state index contributed by atoms with van der Waals surface area (Å²) in [6.07, 6.45) is -2.45. The van der Waals surface area contributed by atoms with Gasteiger partial charge in [0, 0.05) is 6.54 Å². The van der Waals surface area contributed by atoms with Crippen LogP contribution in [0, 0.1) is 12.3 Å². The van der Waals surface area contributed by atoms with E-state index in [0.29, 0.717) is 13.0 Å². The molecular weight excluding hydrogens is 271 g/mol. The van der Waals surface area contributed by atoms with Gasteiger partial charge in [0.2, 0.25) is 0 Å². The third-order valence-electron chi connectivity index (χ3n) is 2.55. The standard InChI is InChI=1S/C13H18F3N3O/c1-9-6-10(4-2-3-5-19-12(17)18)8-11(7-9)20-13(14,15)16/h6-8H,2-5H2,1H3,(H4,17,18,19). The predicted octanol–water partition coefficient (Wildman–Crippen LogP) is 2.70. The molecule has 0 heterocycles. The molecule has 0 saturated carbocycles. The van der Waals surface area contributed by atoms with Gasteiger partial charge in [-0.15, -0.1) is 13.2 Å². The first-order valence-electron chi connectivity index (χ1n) is 6.20.